The van der Waals surface area contributed by atoms with Crippen LogP contribution in [0.4, 0.5) is 0 Å². The molecule has 1 saturated heterocycles. The van der Waals surface area contributed by atoms with Gasteiger partial charge in [-0.3, -0.25) is 19.7 Å². The number of amides is 3. The highest BCUT2D eigenvalue weighted by Gasteiger charge is 2.26. The van der Waals surface area contributed by atoms with Crippen LogP contribution in [-0.2, 0) is 9.59 Å². The van der Waals surface area contributed by atoms with Crippen LogP contribution < -0.4 is 5.32 Å². The molecule has 0 spiro atoms. The minimum atomic E-state index is -0.465. The summed E-state index contributed by atoms with van der Waals surface area (Å²) in [6, 6.07) is 8.61. The van der Waals surface area contributed by atoms with E-state index in [9.17, 15) is 14.4 Å². The van der Waals surface area contributed by atoms with Crippen LogP contribution in [0.1, 0.15) is 10.4 Å². The predicted octanol–water partition coefficient (Wildman–Crippen LogP) is -0.0291. The molecule has 2 aromatic rings. The van der Waals surface area contributed by atoms with Crippen molar-refractivity contribution in [3.05, 3.63) is 48.3 Å². The van der Waals surface area contributed by atoms with E-state index in [1.54, 1.807) is 47.4 Å². The summed E-state index contributed by atoms with van der Waals surface area (Å²) in [5, 5.41) is 6.25. The average molecular weight is 284 g/mol. The molecule has 1 aliphatic heterocycles. The lowest BCUT2D eigenvalue weighted by Crippen LogP contribution is -2.53. The Balaban J connectivity index is 1.79. The third-order valence-electron chi connectivity index (χ3n) is 3.12. The van der Waals surface area contributed by atoms with E-state index in [4.69, 9.17) is 0 Å². The van der Waals surface area contributed by atoms with Crippen molar-refractivity contribution >= 4 is 17.7 Å². The van der Waals surface area contributed by atoms with Crippen molar-refractivity contribution in [1.29, 1.82) is 0 Å². The first kappa shape index (κ1) is 13.0. The van der Waals surface area contributed by atoms with E-state index in [-0.39, 0.29) is 19.0 Å². The Labute approximate surface area is 120 Å². The van der Waals surface area contributed by atoms with Crippen LogP contribution in [0.25, 0.3) is 5.69 Å². The number of piperazine rings is 1. The number of aromatic nitrogens is 2. The second-order valence-corrected chi connectivity index (χ2v) is 4.63. The van der Waals surface area contributed by atoms with E-state index < -0.39 is 11.8 Å². The van der Waals surface area contributed by atoms with Crippen molar-refractivity contribution in [2.24, 2.45) is 0 Å². The number of hydrogen-bond acceptors (Lipinski definition) is 4. The minimum absolute atomic E-state index is 0.106. The fourth-order valence-electron chi connectivity index (χ4n) is 2.14. The fraction of sp³-hybridized carbons (Fsp3) is 0.143. The molecule has 0 radical (unpaired) electrons. The summed E-state index contributed by atoms with van der Waals surface area (Å²) in [7, 11) is 0. The van der Waals surface area contributed by atoms with E-state index in [0.717, 1.165) is 5.69 Å². The first-order valence-electron chi connectivity index (χ1n) is 6.35. The monoisotopic (exact) mass is 284 g/mol. The molecule has 7 heteroatoms. The average Bonchev–Trinajstić information content (AvgIpc) is 3.00. The summed E-state index contributed by atoms with van der Waals surface area (Å²) in [6.45, 7) is -0.211. The molecule has 1 aromatic heterocycles. The molecule has 1 aliphatic rings. The quantitative estimate of drug-likeness (QED) is 0.785. The van der Waals surface area contributed by atoms with Gasteiger partial charge in [-0.25, -0.2) is 4.68 Å². The number of carbonyl (C=O) groups is 3. The Morgan fingerprint density at radius 1 is 1.10 bits per heavy atom. The molecule has 1 fully saturated rings. The van der Waals surface area contributed by atoms with Gasteiger partial charge in [0.25, 0.3) is 5.91 Å². The summed E-state index contributed by atoms with van der Waals surface area (Å²) in [4.78, 5) is 36.1. The standard InChI is InChI=1S/C14H12N4O3/c19-12-8-17(9-13(20)16-12)14(21)10-2-4-11(5-3-10)18-7-1-6-15-18/h1-7H,8-9H2,(H,16,19,20). The summed E-state index contributed by atoms with van der Waals surface area (Å²) in [5.74, 6) is -1.27. The van der Waals surface area contributed by atoms with Crippen molar-refractivity contribution in [2.75, 3.05) is 13.1 Å². The van der Waals surface area contributed by atoms with Crippen molar-refractivity contribution in [1.82, 2.24) is 20.0 Å². The van der Waals surface area contributed by atoms with Gasteiger partial charge in [-0.1, -0.05) is 0 Å². The molecule has 0 unspecified atom stereocenters. The van der Waals surface area contributed by atoms with Gasteiger partial charge in [0.15, 0.2) is 0 Å². The number of nitrogens with one attached hydrogen (secondary N) is 1. The number of imide groups is 1. The molecule has 0 saturated carbocycles. The molecule has 0 bridgehead atoms. The van der Waals surface area contributed by atoms with Crippen LogP contribution in [0.5, 0.6) is 0 Å². The highest BCUT2D eigenvalue weighted by molar-refractivity contribution is 6.05. The fourth-order valence-corrected chi connectivity index (χ4v) is 2.14. The third-order valence-corrected chi connectivity index (χ3v) is 3.12. The molecule has 3 rings (SSSR count). The van der Waals surface area contributed by atoms with Crippen LogP contribution in [0.15, 0.2) is 42.7 Å². The van der Waals surface area contributed by atoms with Gasteiger partial charge in [-0.2, -0.15) is 5.10 Å². The van der Waals surface area contributed by atoms with Gasteiger partial charge in [-0.05, 0) is 30.3 Å². The van der Waals surface area contributed by atoms with Gasteiger partial charge in [0.2, 0.25) is 11.8 Å². The maximum atomic E-state index is 12.3. The maximum Gasteiger partial charge on any atom is 0.254 e. The smallest absolute Gasteiger partial charge is 0.254 e. The summed E-state index contributed by atoms with van der Waals surface area (Å²) in [6.07, 6.45) is 3.46. The first-order valence-corrected chi connectivity index (χ1v) is 6.35. The maximum absolute atomic E-state index is 12.3. The molecule has 1 aromatic carbocycles. The van der Waals surface area contributed by atoms with Gasteiger partial charge in [0.05, 0.1) is 5.69 Å². The van der Waals surface area contributed by atoms with Gasteiger partial charge in [0.1, 0.15) is 13.1 Å². The molecular weight excluding hydrogens is 272 g/mol. The van der Waals surface area contributed by atoms with E-state index >= 15 is 0 Å². The third kappa shape index (κ3) is 2.66. The number of nitrogens with zero attached hydrogens (tertiary/aromatic N) is 3. The van der Waals surface area contributed by atoms with E-state index in [1.165, 1.54) is 4.90 Å². The highest BCUT2D eigenvalue weighted by Crippen LogP contribution is 2.11. The second kappa shape index (κ2) is 5.20. The number of rotatable bonds is 2. The van der Waals surface area contributed by atoms with Crippen LogP contribution in [0.3, 0.4) is 0 Å². The summed E-state index contributed by atoms with van der Waals surface area (Å²) < 4.78 is 1.67. The topological polar surface area (TPSA) is 84.3 Å². The molecule has 106 valence electrons. The number of hydrogen-bond donors (Lipinski definition) is 1. The zero-order chi connectivity index (χ0) is 14.8. The molecule has 2 heterocycles. The summed E-state index contributed by atoms with van der Waals surface area (Å²) in [5.41, 5.74) is 1.25. The van der Waals surface area contributed by atoms with Crippen molar-refractivity contribution < 1.29 is 14.4 Å². The lowest BCUT2D eigenvalue weighted by molar-refractivity contribution is -0.135. The second-order valence-electron chi connectivity index (χ2n) is 4.63. The molecule has 21 heavy (non-hydrogen) atoms. The first-order chi connectivity index (χ1) is 10.1. The Kier molecular flexibility index (Phi) is 3.23. The Bertz CT molecular complexity index is 676. The van der Waals surface area contributed by atoms with Crippen LogP contribution in [0, 0.1) is 0 Å². The molecule has 0 aliphatic carbocycles. The molecule has 7 nitrogen and oxygen atoms in total. The van der Waals surface area contributed by atoms with E-state index in [0.29, 0.717) is 5.56 Å². The lowest BCUT2D eigenvalue weighted by Gasteiger charge is -2.25. The normalized spacial score (nSPS) is 15.0. The molecule has 3 amide bonds. The molecule has 1 N–H and O–H groups in total. The van der Waals surface area contributed by atoms with Gasteiger partial charge in [0, 0.05) is 18.0 Å². The zero-order valence-electron chi connectivity index (χ0n) is 11.0. The number of carbonyl (C=O) groups excluding carboxylic acids is 3. The van der Waals surface area contributed by atoms with Gasteiger partial charge in [-0.15, -0.1) is 0 Å². The number of benzene rings is 1. The zero-order valence-corrected chi connectivity index (χ0v) is 11.0. The SMILES string of the molecule is O=C1CN(C(=O)c2ccc(-n3cccn3)cc2)CC(=O)N1. The van der Waals surface area contributed by atoms with Gasteiger partial charge < -0.3 is 4.90 Å². The van der Waals surface area contributed by atoms with E-state index in [1.807, 2.05) is 0 Å². The van der Waals surface area contributed by atoms with Crippen LogP contribution >= 0.6 is 0 Å². The van der Waals surface area contributed by atoms with Crippen molar-refractivity contribution in [2.45, 2.75) is 0 Å². The largest absolute Gasteiger partial charge is 0.320 e. The van der Waals surface area contributed by atoms with E-state index in [2.05, 4.69) is 10.4 Å². The van der Waals surface area contributed by atoms with Crippen LogP contribution in [-0.4, -0.2) is 45.5 Å². The lowest BCUT2D eigenvalue weighted by atomic mass is 10.1. The predicted molar refractivity (Wildman–Crippen MR) is 72.6 cm³/mol. The van der Waals surface area contributed by atoms with Crippen LogP contribution in [0.2, 0.25) is 0 Å². The minimum Gasteiger partial charge on any atom is -0.320 e. The Morgan fingerprint density at radius 2 is 1.76 bits per heavy atom. The molecular formula is C14H12N4O3. The van der Waals surface area contributed by atoms with Crippen molar-refractivity contribution in [3.8, 4) is 5.69 Å². The summed E-state index contributed by atoms with van der Waals surface area (Å²) >= 11 is 0. The Hall–Kier alpha value is -2.96. The van der Waals surface area contributed by atoms with Gasteiger partial charge >= 0.3 is 0 Å². The van der Waals surface area contributed by atoms with Crippen molar-refractivity contribution in [3.63, 3.8) is 0 Å². The highest BCUT2D eigenvalue weighted by atomic mass is 16.2. The molecule has 0 atom stereocenters. The Morgan fingerprint density at radius 3 is 2.33 bits per heavy atom.